The van der Waals surface area contributed by atoms with Crippen LogP contribution in [0.25, 0.3) is 10.9 Å². The van der Waals surface area contributed by atoms with Crippen molar-refractivity contribution in [3.05, 3.63) is 41.9 Å². The maximum absolute atomic E-state index is 9.11. The zero-order valence-corrected chi connectivity index (χ0v) is 21.2. The molecule has 0 radical (unpaired) electrons. The van der Waals surface area contributed by atoms with Crippen molar-refractivity contribution in [1.82, 2.24) is 29.7 Å². The highest BCUT2D eigenvalue weighted by atomic mass is 16.5. The number of hydrogen-bond donors (Lipinski definition) is 3. The van der Waals surface area contributed by atoms with Gasteiger partial charge in [0.15, 0.2) is 5.82 Å². The SMILES string of the molecule is CC(C)Nc1nc(C2CCOC2)cc2cnc(Nc3ccc(CN4CCN(CCO)CC4)cn3)nc12. The minimum absolute atomic E-state index is 0.225. The van der Waals surface area contributed by atoms with Gasteiger partial charge in [0.1, 0.15) is 11.3 Å². The van der Waals surface area contributed by atoms with E-state index in [0.29, 0.717) is 24.3 Å². The third-order valence-corrected chi connectivity index (χ3v) is 6.71. The van der Waals surface area contributed by atoms with Crippen LogP contribution in [-0.2, 0) is 11.3 Å². The van der Waals surface area contributed by atoms with Crippen LogP contribution in [0.5, 0.6) is 0 Å². The molecule has 10 nitrogen and oxygen atoms in total. The Balaban J connectivity index is 1.27. The summed E-state index contributed by atoms with van der Waals surface area (Å²) in [6, 6.07) is 6.38. The molecule has 36 heavy (non-hydrogen) atoms. The average Bonchev–Trinajstić information content (AvgIpc) is 3.42. The zero-order chi connectivity index (χ0) is 24.9. The largest absolute Gasteiger partial charge is 0.395 e. The Morgan fingerprint density at radius 3 is 2.61 bits per heavy atom. The van der Waals surface area contributed by atoms with Crippen molar-refractivity contribution < 1.29 is 9.84 Å². The van der Waals surface area contributed by atoms with Gasteiger partial charge in [0, 0.05) is 81.3 Å². The summed E-state index contributed by atoms with van der Waals surface area (Å²) in [4.78, 5) is 23.6. The van der Waals surface area contributed by atoms with Crippen LogP contribution in [0.3, 0.4) is 0 Å². The molecule has 0 saturated carbocycles. The smallest absolute Gasteiger partial charge is 0.229 e. The fourth-order valence-corrected chi connectivity index (χ4v) is 4.75. The van der Waals surface area contributed by atoms with E-state index in [1.807, 2.05) is 18.5 Å². The first kappa shape index (κ1) is 24.8. The Hall–Kier alpha value is -2.92. The number of aromatic nitrogens is 4. The Kier molecular flexibility index (Phi) is 7.86. The van der Waals surface area contributed by atoms with Crippen LogP contribution in [0.15, 0.2) is 30.6 Å². The van der Waals surface area contributed by atoms with E-state index in [9.17, 15) is 0 Å². The topological polar surface area (TPSA) is 112 Å². The van der Waals surface area contributed by atoms with Gasteiger partial charge in [0.05, 0.1) is 13.2 Å². The van der Waals surface area contributed by atoms with Crippen LogP contribution in [0.1, 0.15) is 37.4 Å². The number of fused-ring (bicyclic) bond motifs is 1. The molecule has 0 bridgehead atoms. The molecule has 2 aliphatic heterocycles. The second-order valence-electron chi connectivity index (χ2n) is 9.90. The maximum Gasteiger partial charge on any atom is 0.229 e. The number of nitrogens with one attached hydrogen (secondary N) is 2. The van der Waals surface area contributed by atoms with Gasteiger partial charge in [0.25, 0.3) is 0 Å². The van der Waals surface area contributed by atoms with Gasteiger partial charge in [-0.25, -0.2) is 19.9 Å². The minimum Gasteiger partial charge on any atom is -0.395 e. The van der Waals surface area contributed by atoms with Crippen LogP contribution in [-0.4, -0.2) is 93.4 Å². The molecule has 192 valence electrons. The first-order valence-corrected chi connectivity index (χ1v) is 12.9. The van der Waals surface area contributed by atoms with Gasteiger partial charge >= 0.3 is 0 Å². The van der Waals surface area contributed by atoms with Crippen molar-refractivity contribution in [3.8, 4) is 0 Å². The second kappa shape index (κ2) is 11.4. The van der Waals surface area contributed by atoms with Crippen LogP contribution < -0.4 is 10.6 Å². The number of aliphatic hydroxyl groups excluding tert-OH is 1. The molecule has 3 aromatic heterocycles. The minimum atomic E-state index is 0.225. The molecule has 3 N–H and O–H groups in total. The van der Waals surface area contributed by atoms with Gasteiger partial charge in [-0.3, -0.25) is 9.80 Å². The molecule has 2 aliphatic rings. The van der Waals surface area contributed by atoms with E-state index < -0.39 is 0 Å². The zero-order valence-electron chi connectivity index (χ0n) is 21.2. The monoisotopic (exact) mass is 492 g/mol. The lowest BCUT2D eigenvalue weighted by Crippen LogP contribution is -2.46. The van der Waals surface area contributed by atoms with Crippen LogP contribution in [0.2, 0.25) is 0 Å². The summed E-state index contributed by atoms with van der Waals surface area (Å²) in [5.74, 6) is 2.29. The lowest BCUT2D eigenvalue weighted by molar-refractivity contribution is 0.108. The molecule has 0 aliphatic carbocycles. The molecular weight excluding hydrogens is 456 g/mol. The number of nitrogens with zero attached hydrogens (tertiary/aromatic N) is 6. The van der Waals surface area contributed by atoms with Crippen molar-refractivity contribution in [1.29, 1.82) is 0 Å². The lowest BCUT2D eigenvalue weighted by atomic mass is 10.0. The average molecular weight is 493 g/mol. The van der Waals surface area contributed by atoms with E-state index in [-0.39, 0.29) is 12.6 Å². The number of ether oxygens (including phenoxy) is 1. The number of pyridine rings is 2. The molecule has 0 spiro atoms. The van der Waals surface area contributed by atoms with Crippen molar-refractivity contribution in [2.24, 2.45) is 0 Å². The quantitative estimate of drug-likeness (QED) is 0.412. The maximum atomic E-state index is 9.11. The number of hydrogen-bond acceptors (Lipinski definition) is 10. The predicted octanol–water partition coefficient (Wildman–Crippen LogP) is 2.60. The summed E-state index contributed by atoms with van der Waals surface area (Å²) >= 11 is 0. The highest BCUT2D eigenvalue weighted by Gasteiger charge is 2.22. The van der Waals surface area contributed by atoms with Gasteiger partial charge in [-0.2, -0.15) is 0 Å². The summed E-state index contributed by atoms with van der Waals surface area (Å²) in [7, 11) is 0. The van der Waals surface area contributed by atoms with Gasteiger partial charge < -0.3 is 20.5 Å². The third kappa shape index (κ3) is 6.07. The Bertz CT molecular complexity index is 1140. The summed E-state index contributed by atoms with van der Waals surface area (Å²) in [5, 5.41) is 16.8. The van der Waals surface area contributed by atoms with Gasteiger partial charge in [-0.05, 0) is 38.0 Å². The Morgan fingerprint density at radius 2 is 1.92 bits per heavy atom. The van der Waals surface area contributed by atoms with E-state index in [4.69, 9.17) is 19.8 Å². The normalized spacial score (nSPS) is 19.3. The highest BCUT2D eigenvalue weighted by Crippen LogP contribution is 2.30. The molecule has 3 aromatic rings. The van der Waals surface area contributed by atoms with Crippen molar-refractivity contribution >= 4 is 28.5 Å². The summed E-state index contributed by atoms with van der Waals surface area (Å²) in [6.45, 7) is 11.5. The van der Waals surface area contributed by atoms with E-state index in [1.54, 1.807) is 0 Å². The van der Waals surface area contributed by atoms with Crippen molar-refractivity contribution in [2.45, 2.75) is 38.8 Å². The van der Waals surface area contributed by atoms with Crippen LogP contribution in [0.4, 0.5) is 17.6 Å². The Morgan fingerprint density at radius 1 is 1.08 bits per heavy atom. The van der Waals surface area contributed by atoms with Crippen molar-refractivity contribution in [2.75, 3.05) is 63.2 Å². The van der Waals surface area contributed by atoms with Crippen LogP contribution in [0, 0.1) is 0 Å². The van der Waals surface area contributed by atoms with E-state index >= 15 is 0 Å². The second-order valence-corrected chi connectivity index (χ2v) is 9.90. The molecule has 5 rings (SSSR count). The summed E-state index contributed by atoms with van der Waals surface area (Å²) in [6.07, 6.45) is 4.75. The Labute approximate surface area is 212 Å². The van der Waals surface area contributed by atoms with E-state index in [1.165, 1.54) is 5.56 Å². The molecule has 2 fully saturated rings. The van der Waals surface area contributed by atoms with E-state index in [2.05, 4.69) is 56.4 Å². The number of rotatable bonds is 9. The molecule has 1 atom stereocenters. The summed E-state index contributed by atoms with van der Waals surface area (Å²) < 4.78 is 5.57. The fraction of sp³-hybridized carbons (Fsp3) is 0.538. The number of piperazine rings is 1. The van der Waals surface area contributed by atoms with Gasteiger partial charge in [0.2, 0.25) is 5.95 Å². The molecule has 2 saturated heterocycles. The van der Waals surface area contributed by atoms with Crippen molar-refractivity contribution in [3.63, 3.8) is 0 Å². The first-order chi connectivity index (χ1) is 17.6. The van der Waals surface area contributed by atoms with Gasteiger partial charge in [-0.1, -0.05) is 6.07 Å². The number of aliphatic hydroxyl groups is 1. The molecule has 0 aromatic carbocycles. The number of anilines is 3. The molecular formula is C26H36N8O2. The molecule has 5 heterocycles. The fourth-order valence-electron chi connectivity index (χ4n) is 4.75. The summed E-state index contributed by atoms with van der Waals surface area (Å²) in [5.41, 5.74) is 2.99. The van der Waals surface area contributed by atoms with E-state index in [0.717, 1.165) is 74.7 Å². The number of β-amino-alcohol motifs (C(OH)–C–C–N with tert-alkyl or cyclic N) is 1. The van der Waals surface area contributed by atoms with Crippen LogP contribution >= 0.6 is 0 Å². The third-order valence-electron chi connectivity index (χ3n) is 6.71. The lowest BCUT2D eigenvalue weighted by Gasteiger charge is -2.34. The molecule has 10 heteroatoms. The predicted molar refractivity (Wildman–Crippen MR) is 141 cm³/mol. The standard InChI is InChI=1S/C26H36N8O2/c1-18(2)29-25-24-21(13-22(30-25)20-5-12-36-17-20)15-28-26(32-24)31-23-4-3-19(14-27-23)16-34-8-6-33(7-9-34)10-11-35/h3-4,13-15,18,20,35H,5-12,16-17H2,1-2H3,(H,29,30)(H,27,28,31,32). The molecule has 0 amide bonds. The first-order valence-electron chi connectivity index (χ1n) is 12.9. The van der Waals surface area contributed by atoms with Gasteiger partial charge in [-0.15, -0.1) is 0 Å². The highest BCUT2D eigenvalue weighted by molar-refractivity contribution is 5.89. The molecule has 1 unspecified atom stereocenters.